The van der Waals surface area contributed by atoms with Crippen molar-refractivity contribution in [2.75, 3.05) is 44.2 Å². The van der Waals surface area contributed by atoms with Crippen LogP contribution in [0.1, 0.15) is 19.0 Å². The number of nitrogens with zero attached hydrogens (tertiary/aromatic N) is 3. The van der Waals surface area contributed by atoms with Crippen molar-refractivity contribution in [1.29, 1.82) is 0 Å². The molecule has 0 unspecified atom stereocenters. The SMILES string of the molecule is CCCNC(=O)CN1CCN(c2nc(C)cs2)CC1. The Balaban J connectivity index is 1.74. The maximum Gasteiger partial charge on any atom is 0.234 e. The van der Waals surface area contributed by atoms with Crippen LogP contribution < -0.4 is 10.2 Å². The summed E-state index contributed by atoms with van der Waals surface area (Å²) in [6, 6.07) is 0. The summed E-state index contributed by atoms with van der Waals surface area (Å²) in [4.78, 5) is 20.7. The van der Waals surface area contributed by atoms with E-state index in [1.807, 2.05) is 6.92 Å². The number of carbonyl (C=O) groups excluding carboxylic acids is 1. The molecular formula is C13H22N4OS. The molecule has 0 saturated carbocycles. The van der Waals surface area contributed by atoms with Crippen LogP contribution in [-0.2, 0) is 4.79 Å². The number of amides is 1. The fourth-order valence-corrected chi connectivity index (χ4v) is 2.96. The number of anilines is 1. The lowest BCUT2D eigenvalue weighted by Gasteiger charge is -2.34. The average Bonchev–Trinajstić information content (AvgIpc) is 2.84. The highest BCUT2D eigenvalue weighted by molar-refractivity contribution is 7.13. The van der Waals surface area contributed by atoms with Gasteiger partial charge in [0, 0.05) is 38.1 Å². The number of nitrogens with one attached hydrogen (secondary N) is 1. The van der Waals surface area contributed by atoms with Gasteiger partial charge in [-0.05, 0) is 13.3 Å². The molecule has 0 aliphatic carbocycles. The van der Waals surface area contributed by atoms with E-state index in [1.165, 1.54) is 0 Å². The van der Waals surface area contributed by atoms with Crippen LogP contribution in [0.4, 0.5) is 5.13 Å². The number of piperazine rings is 1. The minimum atomic E-state index is 0.139. The number of thiazole rings is 1. The first-order chi connectivity index (χ1) is 9.19. The van der Waals surface area contributed by atoms with Gasteiger partial charge in [-0.1, -0.05) is 6.92 Å². The van der Waals surface area contributed by atoms with Crippen LogP contribution in [0.15, 0.2) is 5.38 Å². The van der Waals surface area contributed by atoms with Crippen LogP contribution in [-0.4, -0.2) is 55.1 Å². The van der Waals surface area contributed by atoms with Gasteiger partial charge in [-0.3, -0.25) is 9.69 Å². The van der Waals surface area contributed by atoms with E-state index < -0.39 is 0 Å². The van der Waals surface area contributed by atoms with Crippen LogP contribution in [0, 0.1) is 6.92 Å². The number of carbonyl (C=O) groups is 1. The van der Waals surface area contributed by atoms with Crippen LogP contribution in [0.5, 0.6) is 0 Å². The van der Waals surface area contributed by atoms with Crippen molar-refractivity contribution in [3.63, 3.8) is 0 Å². The number of rotatable bonds is 5. The van der Waals surface area contributed by atoms with Gasteiger partial charge in [0.1, 0.15) is 0 Å². The van der Waals surface area contributed by atoms with Gasteiger partial charge >= 0.3 is 0 Å². The molecule has 0 aromatic carbocycles. The average molecular weight is 282 g/mol. The molecule has 0 radical (unpaired) electrons. The third-order valence-corrected chi connectivity index (χ3v) is 4.21. The summed E-state index contributed by atoms with van der Waals surface area (Å²) in [5, 5.41) is 6.11. The van der Waals surface area contributed by atoms with E-state index in [9.17, 15) is 4.79 Å². The van der Waals surface area contributed by atoms with Crippen molar-refractivity contribution in [3.8, 4) is 0 Å². The summed E-state index contributed by atoms with van der Waals surface area (Å²) >= 11 is 1.70. The van der Waals surface area contributed by atoms with Crippen molar-refractivity contribution < 1.29 is 4.79 Å². The van der Waals surface area contributed by atoms with Crippen molar-refractivity contribution in [3.05, 3.63) is 11.1 Å². The van der Waals surface area contributed by atoms with Gasteiger partial charge in [-0.2, -0.15) is 0 Å². The first-order valence-electron chi connectivity index (χ1n) is 6.85. The molecule has 1 aromatic rings. The van der Waals surface area contributed by atoms with Gasteiger partial charge in [0.25, 0.3) is 0 Å². The fraction of sp³-hybridized carbons (Fsp3) is 0.692. The molecule has 0 atom stereocenters. The second-order valence-corrected chi connectivity index (χ2v) is 5.72. The van der Waals surface area contributed by atoms with E-state index in [1.54, 1.807) is 11.3 Å². The van der Waals surface area contributed by atoms with E-state index >= 15 is 0 Å². The third kappa shape index (κ3) is 4.18. The standard InChI is InChI=1S/C13H22N4OS/c1-3-4-14-12(18)9-16-5-7-17(8-6-16)13-15-11(2)10-19-13/h10H,3-9H2,1-2H3,(H,14,18). The Hall–Kier alpha value is -1.14. The largest absolute Gasteiger partial charge is 0.355 e. The fourth-order valence-electron chi connectivity index (χ4n) is 2.11. The van der Waals surface area contributed by atoms with Crippen LogP contribution in [0.2, 0.25) is 0 Å². The highest BCUT2D eigenvalue weighted by atomic mass is 32.1. The summed E-state index contributed by atoms with van der Waals surface area (Å²) in [6.07, 6.45) is 0.989. The normalized spacial score (nSPS) is 16.6. The van der Waals surface area contributed by atoms with Crippen molar-refractivity contribution >= 4 is 22.4 Å². The Labute approximate surface area is 118 Å². The maximum absolute atomic E-state index is 11.6. The van der Waals surface area contributed by atoms with Crippen molar-refractivity contribution in [2.45, 2.75) is 20.3 Å². The predicted molar refractivity (Wildman–Crippen MR) is 78.8 cm³/mol. The molecule has 1 amide bonds. The topological polar surface area (TPSA) is 48.5 Å². The number of hydrogen-bond donors (Lipinski definition) is 1. The Morgan fingerprint density at radius 3 is 2.74 bits per heavy atom. The molecule has 0 spiro atoms. The molecule has 5 nitrogen and oxygen atoms in total. The summed E-state index contributed by atoms with van der Waals surface area (Å²) in [7, 11) is 0. The molecule has 1 saturated heterocycles. The van der Waals surface area contributed by atoms with Gasteiger partial charge < -0.3 is 10.2 Å². The van der Waals surface area contributed by atoms with Gasteiger partial charge in [-0.25, -0.2) is 4.98 Å². The van der Waals surface area contributed by atoms with Gasteiger partial charge in [0.05, 0.1) is 12.2 Å². The van der Waals surface area contributed by atoms with E-state index in [0.717, 1.165) is 50.0 Å². The third-order valence-electron chi connectivity index (χ3n) is 3.19. The van der Waals surface area contributed by atoms with E-state index in [0.29, 0.717) is 6.54 Å². The minimum absolute atomic E-state index is 0.139. The number of hydrogen-bond acceptors (Lipinski definition) is 5. The van der Waals surface area contributed by atoms with Crippen molar-refractivity contribution in [2.24, 2.45) is 0 Å². The van der Waals surface area contributed by atoms with Crippen LogP contribution >= 0.6 is 11.3 Å². The summed E-state index contributed by atoms with van der Waals surface area (Å²) < 4.78 is 0. The molecule has 1 aromatic heterocycles. The zero-order valence-electron chi connectivity index (χ0n) is 11.7. The zero-order chi connectivity index (χ0) is 13.7. The van der Waals surface area contributed by atoms with E-state index in [-0.39, 0.29) is 5.91 Å². The van der Waals surface area contributed by atoms with E-state index in [4.69, 9.17) is 0 Å². The number of aromatic nitrogens is 1. The Morgan fingerprint density at radius 2 is 2.16 bits per heavy atom. The second-order valence-electron chi connectivity index (χ2n) is 4.88. The van der Waals surface area contributed by atoms with Gasteiger partial charge in [0.2, 0.25) is 5.91 Å². The molecule has 0 bridgehead atoms. The molecule has 106 valence electrons. The summed E-state index contributed by atoms with van der Waals surface area (Å²) in [6.45, 7) is 9.14. The molecule has 1 aliphatic heterocycles. The predicted octanol–water partition coefficient (Wildman–Crippen LogP) is 1.10. The Kier molecular flexibility index (Phi) is 5.15. The number of aryl methyl sites for hydroxylation is 1. The lowest BCUT2D eigenvalue weighted by molar-refractivity contribution is -0.122. The Morgan fingerprint density at radius 1 is 1.42 bits per heavy atom. The highest BCUT2D eigenvalue weighted by Crippen LogP contribution is 2.21. The lowest BCUT2D eigenvalue weighted by atomic mass is 10.3. The monoisotopic (exact) mass is 282 g/mol. The van der Waals surface area contributed by atoms with E-state index in [2.05, 4.69) is 32.4 Å². The first kappa shape index (κ1) is 14.3. The molecule has 2 rings (SSSR count). The minimum Gasteiger partial charge on any atom is -0.355 e. The second kappa shape index (κ2) is 6.86. The lowest BCUT2D eigenvalue weighted by Crippen LogP contribution is -2.49. The molecular weight excluding hydrogens is 260 g/mol. The molecule has 6 heteroatoms. The van der Waals surface area contributed by atoms with Crippen LogP contribution in [0.3, 0.4) is 0 Å². The summed E-state index contributed by atoms with van der Waals surface area (Å²) in [5.41, 5.74) is 1.08. The zero-order valence-corrected chi connectivity index (χ0v) is 12.5. The molecule has 1 N–H and O–H groups in total. The van der Waals surface area contributed by atoms with Crippen molar-refractivity contribution in [1.82, 2.24) is 15.2 Å². The molecule has 1 aliphatic rings. The van der Waals surface area contributed by atoms with Gasteiger partial charge in [0.15, 0.2) is 5.13 Å². The molecule has 1 fully saturated rings. The molecule has 2 heterocycles. The van der Waals surface area contributed by atoms with Crippen LogP contribution in [0.25, 0.3) is 0 Å². The molecule has 19 heavy (non-hydrogen) atoms. The quantitative estimate of drug-likeness (QED) is 0.878. The Bertz CT molecular complexity index is 413. The van der Waals surface area contributed by atoms with Gasteiger partial charge in [-0.15, -0.1) is 11.3 Å². The highest BCUT2D eigenvalue weighted by Gasteiger charge is 2.20. The maximum atomic E-state index is 11.6. The first-order valence-corrected chi connectivity index (χ1v) is 7.73. The summed E-state index contributed by atoms with van der Waals surface area (Å²) in [5.74, 6) is 0.139. The smallest absolute Gasteiger partial charge is 0.234 e.